The summed E-state index contributed by atoms with van der Waals surface area (Å²) in [5.74, 6) is -1.78. The van der Waals surface area contributed by atoms with E-state index in [1.54, 1.807) is 20.8 Å². The van der Waals surface area contributed by atoms with Crippen LogP contribution in [0.15, 0.2) is 23.1 Å². The number of nitrogens with zero attached hydrogens (tertiary/aromatic N) is 1. The fourth-order valence-corrected chi connectivity index (χ4v) is 2.73. The van der Waals surface area contributed by atoms with Crippen molar-refractivity contribution in [3.8, 4) is 6.07 Å². The predicted octanol–water partition coefficient (Wildman–Crippen LogP) is 1.46. The van der Waals surface area contributed by atoms with E-state index in [4.69, 9.17) is 16.3 Å². The zero-order valence-electron chi connectivity index (χ0n) is 14.8. The maximum absolute atomic E-state index is 12.1. The van der Waals surface area contributed by atoms with Gasteiger partial charge in [0.25, 0.3) is 5.91 Å². The molecule has 2 N–H and O–H groups in total. The zero-order valence-corrected chi connectivity index (χ0v) is 16.4. The average molecular weight is 402 g/mol. The van der Waals surface area contributed by atoms with Crippen molar-refractivity contribution in [2.24, 2.45) is 5.92 Å². The first-order chi connectivity index (χ1) is 12.0. The van der Waals surface area contributed by atoms with Crippen molar-refractivity contribution in [3.05, 3.63) is 28.8 Å². The van der Waals surface area contributed by atoms with Gasteiger partial charge in [0.2, 0.25) is 10.0 Å². The molecule has 0 fully saturated rings. The Kier molecular flexibility index (Phi) is 7.15. The molecule has 0 aliphatic heterocycles. The van der Waals surface area contributed by atoms with E-state index in [2.05, 4.69) is 10.0 Å². The van der Waals surface area contributed by atoms with Gasteiger partial charge in [-0.05, 0) is 38.1 Å². The van der Waals surface area contributed by atoms with Crippen LogP contribution in [0.4, 0.5) is 0 Å². The largest absolute Gasteiger partial charge is 0.452 e. The summed E-state index contributed by atoms with van der Waals surface area (Å²) in [7, 11) is -2.54. The van der Waals surface area contributed by atoms with Crippen molar-refractivity contribution in [1.82, 2.24) is 10.0 Å². The number of carbonyl (C=O) groups is 2. The Bertz CT molecular complexity index is 848. The summed E-state index contributed by atoms with van der Waals surface area (Å²) in [5.41, 5.74) is -1.30. The van der Waals surface area contributed by atoms with E-state index < -0.39 is 34.0 Å². The van der Waals surface area contributed by atoms with Gasteiger partial charge in [0, 0.05) is 0 Å². The van der Waals surface area contributed by atoms with Gasteiger partial charge in [-0.15, -0.1) is 0 Å². The summed E-state index contributed by atoms with van der Waals surface area (Å²) in [6.45, 7) is 4.45. The summed E-state index contributed by atoms with van der Waals surface area (Å²) < 4.78 is 30.6. The minimum Gasteiger partial charge on any atom is -0.452 e. The van der Waals surface area contributed by atoms with Crippen LogP contribution < -0.4 is 10.0 Å². The Labute approximate surface area is 157 Å². The van der Waals surface area contributed by atoms with Gasteiger partial charge >= 0.3 is 5.97 Å². The number of rotatable bonds is 7. The van der Waals surface area contributed by atoms with Crippen molar-refractivity contribution in [3.63, 3.8) is 0 Å². The van der Waals surface area contributed by atoms with Crippen LogP contribution in [0.3, 0.4) is 0 Å². The fourth-order valence-electron chi connectivity index (χ4n) is 1.78. The van der Waals surface area contributed by atoms with Crippen molar-refractivity contribution in [1.29, 1.82) is 5.26 Å². The number of hydrogen-bond donors (Lipinski definition) is 2. The molecule has 1 aromatic carbocycles. The predicted molar refractivity (Wildman–Crippen MR) is 95.0 cm³/mol. The Morgan fingerprint density at radius 3 is 2.50 bits per heavy atom. The molecular weight excluding hydrogens is 382 g/mol. The molecule has 26 heavy (non-hydrogen) atoms. The molecule has 1 aromatic rings. The molecule has 0 heterocycles. The van der Waals surface area contributed by atoms with Gasteiger partial charge in [-0.2, -0.15) is 5.26 Å². The number of amides is 1. The molecular formula is C16H20ClN3O5S. The molecule has 1 atom stereocenters. The normalized spacial score (nSPS) is 13.6. The highest BCUT2D eigenvalue weighted by Crippen LogP contribution is 2.21. The van der Waals surface area contributed by atoms with E-state index in [0.29, 0.717) is 0 Å². The molecule has 0 aliphatic rings. The van der Waals surface area contributed by atoms with Gasteiger partial charge in [0.1, 0.15) is 5.54 Å². The summed E-state index contributed by atoms with van der Waals surface area (Å²) in [6.07, 6.45) is 0. The molecule has 0 radical (unpaired) electrons. The molecule has 0 saturated heterocycles. The highest BCUT2D eigenvalue weighted by atomic mass is 35.5. The van der Waals surface area contributed by atoms with E-state index >= 15 is 0 Å². The smallest absolute Gasteiger partial charge is 0.340 e. The molecule has 1 amide bonds. The molecule has 8 nitrogen and oxygen atoms in total. The second-order valence-electron chi connectivity index (χ2n) is 5.94. The molecule has 0 aromatic heterocycles. The first-order valence-corrected chi connectivity index (χ1v) is 9.45. The second kappa shape index (κ2) is 8.49. The van der Waals surface area contributed by atoms with Crippen LogP contribution in [0.5, 0.6) is 0 Å². The average Bonchev–Trinajstić information content (AvgIpc) is 2.59. The number of hydrogen-bond acceptors (Lipinski definition) is 6. The van der Waals surface area contributed by atoms with Crippen molar-refractivity contribution < 1.29 is 22.7 Å². The number of benzene rings is 1. The second-order valence-corrected chi connectivity index (χ2v) is 8.24. The molecule has 142 valence electrons. The Morgan fingerprint density at radius 2 is 2.00 bits per heavy atom. The SMILES string of the molecule is CNS(=O)(=O)c1ccc(Cl)c(C(=O)OCC(=O)N[C@@](C)(C#N)C(C)C)c1. The van der Waals surface area contributed by atoms with Crippen molar-refractivity contribution in [2.75, 3.05) is 13.7 Å². The van der Waals surface area contributed by atoms with Crippen LogP contribution in [-0.4, -0.2) is 39.5 Å². The molecule has 0 saturated carbocycles. The highest BCUT2D eigenvalue weighted by Gasteiger charge is 2.30. The lowest BCUT2D eigenvalue weighted by atomic mass is 9.90. The van der Waals surface area contributed by atoms with Crippen LogP contribution >= 0.6 is 11.6 Å². The van der Waals surface area contributed by atoms with Gasteiger partial charge < -0.3 is 10.1 Å². The quantitative estimate of drug-likeness (QED) is 0.666. The minimum atomic E-state index is -3.77. The van der Waals surface area contributed by atoms with Crippen LogP contribution in [0.2, 0.25) is 5.02 Å². The number of nitriles is 1. The molecule has 10 heteroatoms. The van der Waals surface area contributed by atoms with E-state index in [1.165, 1.54) is 19.2 Å². The monoisotopic (exact) mass is 401 g/mol. The molecule has 0 unspecified atom stereocenters. The molecule has 1 rings (SSSR count). The highest BCUT2D eigenvalue weighted by molar-refractivity contribution is 7.89. The maximum Gasteiger partial charge on any atom is 0.340 e. The summed E-state index contributed by atoms with van der Waals surface area (Å²) >= 11 is 5.91. The molecule has 0 aliphatic carbocycles. The fraction of sp³-hybridized carbons (Fsp3) is 0.438. The van der Waals surface area contributed by atoms with Gasteiger partial charge in [0.15, 0.2) is 6.61 Å². The summed E-state index contributed by atoms with van der Waals surface area (Å²) in [4.78, 5) is 23.9. The Hall–Kier alpha value is -2.15. The van der Waals surface area contributed by atoms with Crippen molar-refractivity contribution >= 4 is 33.5 Å². The number of nitrogens with one attached hydrogen (secondary N) is 2. The summed E-state index contributed by atoms with van der Waals surface area (Å²) in [6, 6.07) is 5.54. The first-order valence-electron chi connectivity index (χ1n) is 7.59. The van der Waals surface area contributed by atoms with E-state index in [-0.39, 0.29) is 21.4 Å². The van der Waals surface area contributed by atoms with Crippen LogP contribution in [0, 0.1) is 17.2 Å². The topological polar surface area (TPSA) is 125 Å². The van der Waals surface area contributed by atoms with E-state index in [0.717, 1.165) is 6.07 Å². The lowest BCUT2D eigenvalue weighted by Gasteiger charge is -2.27. The maximum atomic E-state index is 12.1. The standard InChI is InChI=1S/C16H20ClN3O5S/c1-10(2)16(3,9-18)20-14(21)8-25-15(22)12-7-11(5-6-13(12)17)26(23,24)19-4/h5-7,10,19H,8H2,1-4H3,(H,20,21)/t16-/m0/s1. The van der Waals surface area contributed by atoms with Crippen LogP contribution in [0.25, 0.3) is 0 Å². The lowest BCUT2D eigenvalue weighted by molar-refractivity contribution is -0.125. The van der Waals surface area contributed by atoms with Crippen LogP contribution in [-0.2, 0) is 19.6 Å². The van der Waals surface area contributed by atoms with Crippen molar-refractivity contribution in [2.45, 2.75) is 31.2 Å². The summed E-state index contributed by atoms with van der Waals surface area (Å²) in [5, 5.41) is 11.6. The Balaban J connectivity index is 2.88. The van der Waals surface area contributed by atoms with Gasteiger partial charge in [0.05, 0.1) is 21.6 Å². The third kappa shape index (κ3) is 5.17. The zero-order chi connectivity index (χ0) is 20.1. The van der Waals surface area contributed by atoms with Gasteiger partial charge in [-0.25, -0.2) is 17.9 Å². The van der Waals surface area contributed by atoms with E-state index in [9.17, 15) is 23.3 Å². The number of sulfonamides is 1. The van der Waals surface area contributed by atoms with Crippen LogP contribution in [0.1, 0.15) is 31.1 Å². The lowest BCUT2D eigenvalue weighted by Crippen LogP contribution is -2.50. The minimum absolute atomic E-state index is 0.0190. The van der Waals surface area contributed by atoms with Gasteiger partial charge in [-0.3, -0.25) is 4.79 Å². The van der Waals surface area contributed by atoms with Gasteiger partial charge in [-0.1, -0.05) is 25.4 Å². The third-order valence-electron chi connectivity index (χ3n) is 3.86. The first kappa shape index (κ1) is 21.9. The number of ether oxygens (including phenoxy) is 1. The molecule has 0 bridgehead atoms. The number of halogens is 1. The number of carbonyl (C=O) groups excluding carboxylic acids is 2. The third-order valence-corrected chi connectivity index (χ3v) is 5.60. The van der Waals surface area contributed by atoms with E-state index in [1.807, 2.05) is 6.07 Å². The number of esters is 1. The molecule has 0 spiro atoms. The Morgan fingerprint density at radius 1 is 1.38 bits per heavy atom.